The lowest BCUT2D eigenvalue weighted by Gasteiger charge is -2.19. The Morgan fingerprint density at radius 1 is 1.25 bits per heavy atom. The van der Waals surface area contributed by atoms with Gasteiger partial charge in [0, 0.05) is 18.3 Å². The molecule has 0 atom stereocenters. The first-order chi connectivity index (χ1) is 9.54. The molecular weight excluding hydrogens is 250 g/mol. The van der Waals surface area contributed by atoms with E-state index in [1.54, 1.807) is 49.5 Å². The number of nitrogens with two attached hydrogens (primary N) is 1. The summed E-state index contributed by atoms with van der Waals surface area (Å²) in [5.41, 5.74) is 8.77. The van der Waals surface area contributed by atoms with Gasteiger partial charge < -0.3 is 10.6 Å². The second-order valence-corrected chi connectivity index (χ2v) is 4.57. The normalized spacial score (nSPS) is 9.85. The van der Waals surface area contributed by atoms with Gasteiger partial charge in [0.1, 0.15) is 6.07 Å². The Hall–Kier alpha value is -2.80. The van der Waals surface area contributed by atoms with E-state index in [-0.39, 0.29) is 5.91 Å². The molecule has 0 bridgehead atoms. The Balaban J connectivity index is 2.41. The van der Waals surface area contributed by atoms with E-state index in [4.69, 9.17) is 11.0 Å². The molecule has 2 N–H and O–H groups in total. The summed E-state index contributed by atoms with van der Waals surface area (Å²) in [6, 6.07) is 14.3. The van der Waals surface area contributed by atoms with Crippen molar-refractivity contribution in [1.29, 1.82) is 5.26 Å². The van der Waals surface area contributed by atoms with Crippen LogP contribution in [0.15, 0.2) is 42.5 Å². The van der Waals surface area contributed by atoms with Gasteiger partial charge in [0.15, 0.2) is 0 Å². The molecule has 0 aliphatic carbocycles. The van der Waals surface area contributed by atoms with Crippen molar-refractivity contribution in [2.45, 2.75) is 6.92 Å². The summed E-state index contributed by atoms with van der Waals surface area (Å²) in [6.45, 7) is 1.84. The van der Waals surface area contributed by atoms with Crippen LogP contribution in [-0.2, 0) is 0 Å². The fourth-order valence-electron chi connectivity index (χ4n) is 2.08. The lowest BCUT2D eigenvalue weighted by Crippen LogP contribution is -2.27. The maximum atomic E-state index is 12.5. The summed E-state index contributed by atoms with van der Waals surface area (Å²) in [5, 5.41) is 9.11. The second-order valence-electron chi connectivity index (χ2n) is 4.57. The number of carbonyl (C=O) groups is 1. The standard InChI is InChI=1S/C16H15N3O/c1-11-9-13(18)7-8-14(11)16(20)19(2)15-6-4-3-5-12(15)10-17/h3-9H,18H2,1-2H3. The van der Waals surface area contributed by atoms with Crippen LogP contribution in [0.2, 0.25) is 0 Å². The molecule has 4 nitrogen and oxygen atoms in total. The highest BCUT2D eigenvalue weighted by Crippen LogP contribution is 2.22. The summed E-state index contributed by atoms with van der Waals surface area (Å²) in [5.74, 6) is -0.162. The summed E-state index contributed by atoms with van der Waals surface area (Å²) in [7, 11) is 1.66. The largest absolute Gasteiger partial charge is 0.399 e. The summed E-state index contributed by atoms with van der Waals surface area (Å²) >= 11 is 0. The molecule has 0 aromatic heterocycles. The Morgan fingerprint density at radius 3 is 2.60 bits per heavy atom. The van der Waals surface area contributed by atoms with Crippen LogP contribution in [0.4, 0.5) is 11.4 Å². The minimum Gasteiger partial charge on any atom is -0.399 e. The number of rotatable bonds is 2. The van der Waals surface area contributed by atoms with Crippen molar-refractivity contribution in [1.82, 2.24) is 0 Å². The van der Waals surface area contributed by atoms with Crippen molar-refractivity contribution in [2.75, 3.05) is 17.7 Å². The molecule has 0 aliphatic rings. The van der Waals surface area contributed by atoms with Crippen LogP contribution in [0.3, 0.4) is 0 Å². The number of carbonyl (C=O) groups excluding carboxylic acids is 1. The van der Waals surface area contributed by atoms with Gasteiger partial charge in [0.25, 0.3) is 5.91 Å². The van der Waals surface area contributed by atoms with E-state index >= 15 is 0 Å². The van der Waals surface area contributed by atoms with E-state index in [0.29, 0.717) is 22.5 Å². The lowest BCUT2D eigenvalue weighted by molar-refractivity contribution is 0.0992. The van der Waals surface area contributed by atoms with Gasteiger partial charge >= 0.3 is 0 Å². The van der Waals surface area contributed by atoms with Gasteiger partial charge in [-0.05, 0) is 42.8 Å². The maximum absolute atomic E-state index is 12.5. The number of benzene rings is 2. The van der Waals surface area contributed by atoms with E-state index in [0.717, 1.165) is 5.56 Å². The summed E-state index contributed by atoms with van der Waals surface area (Å²) in [6.07, 6.45) is 0. The Morgan fingerprint density at radius 2 is 1.95 bits per heavy atom. The molecule has 0 fully saturated rings. The van der Waals surface area contributed by atoms with Crippen LogP contribution in [-0.4, -0.2) is 13.0 Å². The molecule has 2 aromatic carbocycles. The molecule has 20 heavy (non-hydrogen) atoms. The molecule has 1 amide bonds. The third-order valence-corrected chi connectivity index (χ3v) is 3.17. The predicted molar refractivity (Wildman–Crippen MR) is 79.5 cm³/mol. The monoisotopic (exact) mass is 265 g/mol. The van der Waals surface area contributed by atoms with Crippen molar-refractivity contribution in [3.8, 4) is 6.07 Å². The fraction of sp³-hybridized carbons (Fsp3) is 0.125. The highest BCUT2D eigenvalue weighted by atomic mass is 16.2. The summed E-state index contributed by atoms with van der Waals surface area (Å²) < 4.78 is 0. The topological polar surface area (TPSA) is 70.1 Å². The van der Waals surface area contributed by atoms with E-state index in [1.165, 1.54) is 4.90 Å². The molecule has 2 rings (SSSR count). The number of para-hydroxylation sites is 1. The van der Waals surface area contributed by atoms with Crippen LogP contribution in [0.25, 0.3) is 0 Å². The number of amides is 1. The second kappa shape index (κ2) is 5.45. The SMILES string of the molecule is Cc1cc(N)ccc1C(=O)N(C)c1ccccc1C#N. The zero-order chi connectivity index (χ0) is 14.7. The van der Waals surface area contributed by atoms with Gasteiger partial charge in [0.2, 0.25) is 0 Å². The van der Waals surface area contributed by atoms with Crippen molar-refractivity contribution in [2.24, 2.45) is 0 Å². The number of hydrogen-bond donors (Lipinski definition) is 1. The van der Waals surface area contributed by atoms with E-state index in [1.807, 2.05) is 6.92 Å². The Bertz CT molecular complexity index is 701. The highest BCUT2D eigenvalue weighted by Gasteiger charge is 2.17. The first kappa shape index (κ1) is 13.6. The molecule has 0 saturated carbocycles. The van der Waals surface area contributed by atoms with Gasteiger partial charge in [-0.3, -0.25) is 4.79 Å². The zero-order valence-corrected chi connectivity index (χ0v) is 11.4. The van der Waals surface area contributed by atoms with Crippen LogP contribution in [0, 0.1) is 18.3 Å². The van der Waals surface area contributed by atoms with Crippen LogP contribution >= 0.6 is 0 Å². The maximum Gasteiger partial charge on any atom is 0.258 e. The van der Waals surface area contributed by atoms with Crippen molar-refractivity contribution in [3.05, 3.63) is 59.2 Å². The van der Waals surface area contributed by atoms with E-state index in [9.17, 15) is 4.79 Å². The van der Waals surface area contributed by atoms with Gasteiger partial charge in [-0.15, -0.1) is 0 Å². The number of hydrogen-bond acceptors (Lipinski definition) is 3. The van der Waals surface area contributed by atoms with E-state index < -0.39 is 0 Å². The van der Waals surface area contributed by atoms with Crippen molar-refractivity contribution >= 4 is 17.3 Å². The molecule has 0 spiro atoms. The van der Waals surface area contributed by atoms with Gasteiger partial charge in [-0.1, -0.05) is 12.1 Å². The van der Waals surface area contributed by atoms with Crippen molar-refractivity contribution in [3.63, 3.8) is 0 Å². The van der Waals surface area contributed by atoms with E-state index in [2.05, 4.69) is 6.07 Å². The minimum absolute atomic E-state index is 0.162. The third-order valence-electron chi connectivity index (χ3n) is 3.17. The van der Waals surface area contributed by atoms with Crippen molar-refractivity contribution < 1.29 is 4.79 Å². The van der Waals surface area contributed by atoms with Gasteiger partial charge in [-0.2, -0.15) is 5.26 Å². The molecule has 4 heteroatoms. The third kappa shape index (κ3) is 2.47. The molecule has 0 saturated heterocycles. The number of anilines is 2. The van der Waals surface area contributed by atoms with Crippen LogP contribution in [0.5, 0.6) is 0 Å². The van der Waals surface area contributed by atoms with Gasteiger partial charge in [0.05, 0.1) is 11.3 Å². The first-order valence-corrected chi connectivity index (χ1v) is 6.18. The van der Waals surface area contributed by atoms with Crippen LogP contribution < -0.4 is 10.6 Å². The number of nitrogen functional groups attached to an aromatic ring is 1. The quantitative estimate of drug-likeness (QED) is 0.849. The molecule has 2 aromatic rings. The molecule has 0 aliphatic heterocycles. The highest BCUT2D eigenvalue weighted by molar-refractivity contribution is 6.07. The zero-order valence-electron chi connectivity index (χ0n) is 11.4. The minimum atomic E-state index is -0.162. The molecule has 0 unspecified atom stereocenters. The molecule has 0 radical (unpaired) electrons. The Kier molecular flexibility index (Phi) is 3.72. The Labute approximate surface area is 118 Å². The average Bonchev–Trinajstić information content (AvgIpc) is 2.45. The van der Waals surface area contributed by atoms with Gasteiger partial charge in [-0.25, -0.2) is 0 Å². The lowest BCUT2D eigenvalue weighted by atomic mass is 10.1. The number of nitrogens with zero attached hydrogens (tertiary/aromatic N) is 2. The molecule has 0 heterocycles. The average molecular weight is 265 g/mol. The summed E-state index contributed by atoms with van der Waals surface area (Å²) in [4.78, 5) is 14.0. The molecule has 100 valence electrons. The first-order valence-electron chi connectivity index (χ1n) is 6.18. The molecular formula is C16H15N3O. The van der Waals surface area contributed by atoms with Crippen LogP contribution in [0.1, 0.15) is 21.5 Å². The fourth-order valence-corrected chi connectivity index (χ4v) is 2.08. The number of aryl methyl sites for hydroxylation is 1. The smallest absolute Gasteiger partial charge is 0.258 e. The predicted octanol–water partition coefficient (Wildman–Crippen LogP) is 2.73. The number of nitriles is 1.